The number of hydrogen-bond donors (Lipinski definition) is 2. The fraction of sp³-hybridized carbons (Fsp3) is 0.235. The quantitative estimate of drug-likeness (QED) is 0.705. The SMILES string of the molecule is Cc1ccc(S(=O)(=O)NNC(=O)C(C)(C)Oc2ccc(Cl)cc2Cl)cc1. The Kier molecular flexibility index (Phi) is 6.18. The van der Waals surface area contributed by atoms with Gasteiger partial charge in [0.25, 0.3) is 15.9 Å². The minimum atomic E-state index is -3.90. The Bertz CT molecular complexity index is 913. The maximum absolute atomic E-state index is 12.3. The van der Waals surface area contributed by atoms with Crippen LogP contribution in [0.3, 0.4) is 0 Å². The standard InChI is InChI=1S/C17H18Cl2N2O4S/c1-11-4-7-13(8-5-11)26(23,24)21-20-16(22)17(2,3)25-15-9-6-12(18)10-14(15)19/h4-10,21H,1-3H3,(H,20,22). The lowest BCUT2D eigenvalue weighted by Gasteiger charge is -2.25. The van der Waals surface area contributed by atoms with Crippen LogP contribution in [0.4, 0.5) is 0 Å². The Hall–Kier alpha value is -1.80. The van der Waals surface area contributed by atoms with Gasteiger partial charge in [-0.2, -0.15) is 0 Å². The zero-order valence-corrected chi connectivity index (χ0v) is 16.7. The molecule has 0 heterocycles. The molecule has 0 aliphatic heterocycles. The molecule has 2 rings (SSSR count). The Balaban J connectivity index is 2.06. The molecular formula is C17H18Cl2N2O4S. The van der Waals surface area contributed by atoms with E-state index in [0.29, 0.717) is 5.02 Å². The van der Waals surface area contributed by atoms with Crippen LogP contribution in [-0.2, 0) is 14.8 Å². The van der Waals surface area contributed by atoms with E-state index in [2.05, 4.69) is 5.43 Å². The highest BCUT2D eigenvalue weighted by molar-refractivity contribution is 7.89. The van der Waals surface area contributed by atoms with E-state index in [9.17, 15) is 13.2 Å². The molecular weight excluding hydrogens is 399 g/mol. The van der Waals surface area contributed by atoms with Crippen molar-refractivity contribution in [3.8, 4) is 5.75 Å². The van der Waals surface area contributed by atoms with Gasteiger partial charge < -0.3 is 4.74 Å². The Labute approximate surface area is 162 Å². The number of hydrogen-bond acceptors (Lipinski definition) is 4. The first-order valence-electron chi connectivity index (χ1n) is 7.54. The van der Waals surface area contributed by atoms with Gasteiger partial charge >= 0.3 is 0 Å². The Morgan fingerprint density at radius 1 is 1.08 bits per heavy atom. The predicted molar refractivity (Wildman–Crippen MR) is 101 cm³/mol. The number of ether oxygens (including phenoxy) is 1. The van der Waals surface area contributed by atoms with Crippen LogP contribution in [0.1, 0.15) is 19.4 Å². The third-order valence-electron chi connectivity index (χ3n) is 3.44. The highest BCUT2D eigenvalue weighted by atomic mass is 35.5. The van der Waals surface area contributed by atoms with Crippen molar-refractivity contribution in [1.29, 1.82) is 0 Å². The van der Waals surface area contributed by atoms with E-state index in [4.69, 9.17) is 27.9 Å². The van der Waals surface area contributed by atoms with Gasteiger partial charge in [-0.3, -0.25) is 10.2 Å². The molecule has 0 radical (unpaired) electrons. The predicted octanol–water partition coefficient (Wildman–Crippen LogP) is 3.47. The lowest BCUT2D eigenvalue weighted by atomic mass is 10.1. The molecule has 0 saturated carbocycles. The second-order valence-electron chi connectivity index (χ2n) is 6.06. The highest BCUT2D eigenvalue weighted by Crippen LogP contribution is 2.30. The van der Waals surface area contributed by atoms with Gasteiger partial charge in [0.2, 0.25) is 0 Å². The summed E-state index contributed by atoms with van der Waals surface area (Å²) in [7, 11) is -3.90. The summed E-state index contributed by atoms with van der Waals surface area (Å²) in [5.41, 5.74) is 1.68. The van der Waals surface area contributed by atoms with Crippen LogP contribution < -0.4 is 15.0 Å². The molecule has 0 unspecified atom stereocenters. The summed E-state index contributed by atoms with van der Waals surface area (Å²) in [6.45, 7) is 4.80. The summed E-state index contributed by atoms with van der Waals surface area (Å²) in [4.78, 5) is 14.4. The average molecular weight is 417 g/mol. The lowest BCUT2D eigenvalue weighted by Crippen LogP contribution is -2.52. The highest BCUT2D eigenvalue weighted by Gasteiger charge is 2.31. The fourth-order valence-electron chi connectivity index (χ4n) is 1.92. The van der Waals surface area contributed by atoms with Gasteiger partial charge in [0.15, 0.2) is 5.60 Å². The number of rotatable bonds is 6. The van der Waals surface area contributed by atoms with E-state index in [1.807, 2.05) is 11.8 Å². The van der Waals surface area contributed by atoms with Crippen LogP contribution in [0.5, 0.6) is 5.75 Å². The van der Waals surface area contributed by atoms with Gasteiger partial charge in [0.05, 0.1) is 9.92 Å². The minimum Gasteiger partial charge on any atom is -0.476 e. The number of halogens is 2. The summed E-state index contributed by atoms with van der Waals surface area (Å²) in [5.74, 6) is -0.447. The van der Waals surface area contributed by atoms with E-state index in [-0.39, 0.29) is 15.7 Å². The van der Waals surface area contributed by atoms with E-state index in [1.165, 1.54) is 38.1 Å². The molecule has 0 bridgehead atoms. The van der Waals surface area contributed by atoms with E-state index < -0.39 is 21.5 Å². The smallest absolute Gasteiger partial charge is 0.278 e. The number of nitrogens with one attached hydrogen (secondary N) is 2. The molecule has 9 heteroatoms. The molecule has 6 nitrogen and oxygen atoms in total. The zero-order chi connectivity index (χ0) is 19.5. The summed E-state index contributed by atoms with van der Waals surface area (Å²) >= 11 is 11.9. The first-order valence-corrected chi connectivity index (χ1v) is 9.78. The minimum absolute atomic E-state index is 0.0304. The maximum Gasteiger partial charge on any atom is 0.278 e. The molecule has 2 aromatic rings. The number of amides is 1. The van der Waals surface area contributed by atoms with Crippen molar-refractivity contribution >= 4 is 39.1 Å². The normalized spacial score (nSPS) is 11.9. The van der Waals surface area contributed by atoms with Gasteiger partial charge in [0, 0.05) is 5.02 Å². The van der Waals surface area contributed by atoms with Crippen molar-refractivity contribution in [3.05, 3.63) is 58.1 Å². The molecule has 140 valence electrons. The van der Waals surface area contributed by atoms with Crippen LogP contribution >= 0.6 is 23.2 Å². The van der Waals surface area contributed by atoms with Crippen LogP contribution in [-0.4, -0.2) is 19.9 Å². The molecule has 0 saturated heterocycles. The van der Waals surface area contributed by atoms with Crippen molar-refractivity contribution in [2.75, 3.05) is 0 Å². The van der Waals surface area contributed by atoms with Crippen molar-refractivity contribution < 1.29 is 17.9 Å². The number of aryl methyl sites for hydroxylation is 1. The van der Waals surface area contributed by atoms with Gasteiger partial charge in [0.1, 0.15) is 5.75 Å². The number of carbonyl (C=O) groups excluding carboxylic acids is 1. The average Bonchev–Trinajstić information content (AvgIpc) is 2.55. The van der Waals surface area contributed by atoms with E-state index >= 15 is 0 Å². The van der Waals surface area contributed by atoms with Gasteiger partial charge in [-0.05, 0) is 51.1 Å². The molecule has 0 aliphatic rings. The molecule has 0 spiro atoms. The van der Waals surface area contributed by atoms with Gasteiger partial charge in [-0.25, -0.2) is 8.42 Å². The summed E-state index contributed by atoms with van der Waals surface area (Å²) < 4.78 is 30.0. The van der Waals surface area contributed by atoms with Crippen LogP contribution in [0, 0.1) is 6.92 Å². The van der Waals surface area contributed by atoms with Crippen molar-refractivity contribution in [2.24, 2.45) is 0 Å². The third kappa shape index (κ3) is 5.11. The second-order valence-corrected chi connectivity index (χ2v) is 8.59. The monoisotopic (exact) mass is 416 g/mol. The molecule has 0 aromatic heterocycles. The number of hydrazine groups is 1. The zero-order valence-electron chi connectivity index (χ0n) is 14.3. The number of sulfonamides is 1. The first-order chi connectivity index (χ1) is 12.0. The Morgan fingerprint density at radius 2 is 1.69 bits per heavy atom. The second kappa shape index (κ2) is 7.84. The van der Waals surface area contributed by atoms with Gasteiger partial charge in [-0.1, -0.05) is 40.9 Å². The third-order valence-corrected chi connectivity index (χ3v) is 5.23. The Morgan fingerprint density at radius 3 is 2.27 bits per heavy atom. The van der Waals surface area contributed by atoms with Crippen molar-refractivity contribution in [2.45, 2.75) is 31.3 Å². The molecule has 0 aliphatic carbocycles. The topological polar surface area (TPSA) is 84.5 Å². The summed E-state index contributed by atoms with van der Waals surface area (Å²) in [5, 5.41) is 0.661. The molecule has 0 atom stereocenters. The molecule has 2 N–H and O–H groups in total. The van der Waals surface area contributed by atoms with Crippen molar-refractivity contribution in [3.63, 3.8) is 0 Å². The summed E-state index contributed by atoms with van der Waals surface area (Å²) in [6.07, 6.45) is 0. The molecule has 2 aromatic carbocycles. The van der Waals surface area contributed by atoms with Crippen LogP contribution in [0.25, 0.3) is 0 Å². The van der Waals surface area contributed by atoms with Crippen LogP contribution in [0.15, 0.2) is 47.4 Å². The maximum atomic E-state index is 12.3. The van der Waals surface area contributed by atoms with E-state index in [0.717, 1.165) is 5.56 Å². The van der Waals surface area contributed by atoms with Crippen LogP contribution in [0.2, 0.25) is 10.0 Å². The first kappa shape index (κ1) is 20.5. The summed E-state index contributed by atoms with van der Waals surface area (Å²) in [6, 6.07) is 10.8. The van der Waals surface area contributed by atoms with Gasteiger partial charge in [-0.15, -0.1) is 4.83 Å². The fourth-order valence-corrected chi connectivity index (χ4v) is 3.21. The number of carbonyl (C=O) groups is 1. The molecule has 26 heavy (non-hydrogen) atoms. The molecule has 1 amide bonds. The largest absolute Gasteiger partial charge is 0.476 e. The molecule has 0 fully saturated rings. The van der Waals surface area contributed by atoms with E-state index in [1.54, 1.807) is 18.2 Å². The van der Waals surface area contributed by atoms with Crippen molar-refractivity contribution in [1.82, 2.24) is 10.3 Å². The number of benzene rings is 2. The lowest BCUT2D eigenvalue weighted by molar-refractivity contribution is -0.134.